The van der Waals surface area contributed by atoms with E-state index in [-0.39, 0.29) is 0 Å². The van der Waals surface area contributed by atoms with Gasteiger partial charge in [0, 0.05) is 31.2 Å². The Morgan fingerprint density at radius 3 is 2.65 bits per heavy atom. The molecule has 1 aliphatic rings. The summed E-state index contributed by atoms with van der Waals surface area (Å²) in [5, 5.41) is 0. The van der Waals surface area contributed by atoms with Crippen LogP contribution in [0.1, 0.15) is 18.4 Å². The molecule has 0 saturated carbocycles. The number of halogens is 1. The largest absolute Gasteiger partial charge is 0.370 e. The van der Waals surface area contributed by atoms with Crippen molar-refractivity contribution in [1.82, 2.24) is 4.90 Å². The molecule has 1 aromatic carbocycles. The third-order valence-corrected chi connectivity index (χ3v) is 3.95. The summed E-state index contributed by atoms with van der Waals surface area (Å²) in [4.78, 5) is 4.81. The Morgan fingerprint density at radius 2 is 2.06 bits per heavy atom. The predicted octanol–water partition coefficient (Wildman–Crippen LogP) is 2.96. The predicted molar refractivity (Wildman–Crippen MR) is 74.9 cm³/mol. The maximum atomic E-state index is 5.81. The van der Waals surface area contributed by atoms with Gasteiger partial charge in [-0.3, -0.25) is 0 Å². The van der Waals surface area contributed by atoms with Crippen LogP contribution in [0, 0.1) is 0 Å². The Bertz CT molecular complexity index is 350. The van der Waals surface area contributed by atoms with E-state index in [2.05, 4.69) is 48.2 Å². The molecule has 0 spiro atoms. The van der Waals surface area contributed by atoms with E-state index in [1.165, 1.54) is 30.6 Å². The van der Waals surface area contributed by atoms with Crippen molar-refractivity contribution >= 4 is 17.3 Å². The Hall–Kier alpha value is -0.730. The van der Waals surface area contributed by atoms with E-state index in [1.807, 2.05) is 0 Å². The van der Waals surface area contributed by atoms with Crippen molar-refractivity contribution in [2.24, 2.45) is 0 Å². The van der Waals surface area contributed by atoms with E-state index < -0.39 is 0 Å². The highest BCUT2D eigenvalue weighted by Crippen LogP contribution is 2.21. The SMILES string of the molecule is CN1CCCC(N(C)c2ccc(CCl)cc2)C1. The van der Waals surface area contributed by atoms with Crippen LogP contribution in [0.15, 0.2) is 24.3 Å². The lowest BCUT2D eigenvalue weighted by atomic mass is 10.0. The van der Waals surface area contributed by atoms with Crippen LogP contribution in [-0.4, -0.2) is 38.1 Å². The van der Waals surface area contributed by atoms with Crippen LogP contribution in [0.4, 0.5) is 5.69 Å². The number of rotatable bonds is 3. The average molecular weight is 253 g/mol. The fourth-order valence-electron chi connectivity index (χ4n) is 2.49. The number of benzene rings is 1. The van der Waals surface area contributed by atoms with Gasteiger partial charge in [-0.15, -0.1) is 11.6 Å². The number of likely N-dealkylation sites (N-methyl/N-ethyl adjacent to an activating group) is 2. The molecule has 1 saturated heterocycles. The second-order valence-corrected chi connectivity index (χ2v) is 5.24. The summed E-state index contributed by atoms with van der Waals surface area (Å²) in [5.74, 6) is 0.593. The number of anilines is 1. The monoisotopic (exact) mass is 252 g/mol. The molecule has 0 amide bonds. The Labute approximate surface area is 109 Å². The zero-order chi connectivity index (χ0) is 12.3. The molecule has 2 nitrogen and oxygen atoms in total. The lowest BCUT2D eigenvalue weighted by Crippen LogP contribution is -2.45. The molecule has 0 radical (unpaired) electrons. The second kappa shape index (κ2) is 5.74. The Balaban J connectivity index is 2.04. The van der Waals surface area contributed by atoms with Crippen LogP contribution >= 0.6 is 11.6 Å². The minimum Gasteiger partial charge on any atom is -0.370 e. The highest BCUT2D eigenvalue weighted by atomic mass is 35.5. The van der Waals surface area contributed by atoms with Gasteiger partial charge >= 0.3 is 0 Å². The number of hydrogen-bond donors (Lipinski definition) is 0. The molecule has 0 bridgehead atoms. The van der Waals surface area contributed by atoms with Gasteiger partial charge in [-0.2, -0.15) is 0 Å². The van der Waals surface area contributed by atoms with Crippen LogP contribution in [0.25, 0.3) is 0 Å². The van der Waals surface area contributed by atoms with Gasteiger partial charge in [-0.05, 0) is 44.1 Å². The first kappa shape index (κ1) is 12.7. The maximum Gasteiger partial charge on any atom is 0.0474 e. The smallest absolute Gasteiger partial charge is 0.0474 e. The molecule has 1 unspecified atom stereocenters. The molecule has 1 fully saturated rings. The molecule has 1 aromatic rings. The zero-order valence-electron chi connectivity index (χ0n) is 10.7. The summed E-state index contributed by atoms with van der Waals surface area (Å²) in [7, 11) is 4.40. The van der Waals surface area contributed by atoms with Crippen LogP contribution < -0.4 is 4.90 Å². The van der Waals surface area contributed by atoms with Crippen molar-refractivity contribution in [2.75, 3.05) is 32.1 Å². The van der Waals surface area contributed by atoms with Gasteiger partial charge in [0.05, 0.1) is 0 Å². The van der Waals surface area contributed by atoms with Crippen LogP contribution in [0.5, 0.6) is 0 Å². The molecule has 0 aliphatic carbocycles. The van der Waals surface area contributed by atoms with Crippen molar-refractivity contribution in [2.45, 2.75) is 24.8 Å². The molecule has 1 atom stereocenters. The van der Waals surface area contributed by atoms with Gasteiger partial charge in [0.15, 0.2) is 0 Å². The van der Waals surface area contributed by atoms with Crippen molar-refractivity contribution in [3.63, 3.8) is 0 Å². The average Bonchev–Trinajstić information content (AvgIpc) is 2.38. The summed E-state index contributed by atoms with van der Waals surface area (Å²) < 4.78 is 0. The van der Waals surface area contributed by atoms with Gasteiger partial charge in [-0.1, -0.05) is 12.1 Å². The van der Waals surface area contributed by atoms with Gasteiger partial charge < -0.3 is 9.80 Å². The van der Waals surface area contributed by atoms with Crippen molar-refractivity contribution < 1.29 is 0 Å². The van der Waals surface area contributed by atoms with Gasteiger partial charge in [0.1, 0.15) is 0 Å². The minimum atomic E-state index is 0.593. The van der Waals surface area contributed by atoms with E-state index in [0.29, 0.717) is 11.9 Å². The lowest BCUT2D eigenvalue weighted by molar-refractivity contribution is 0.248. The Morgan fingerprint density at radius 1 is 1.35 bits per heavy atom. The summed E-state index contributed by atoms with van der Waals surface area (Å²) in [6, 6.07) is 9.21. The number of nitrogens with zero attached hydrogens (tertiary/aromatic N) is 2. The first-order valence-electron chi connectivity index (χ1n) is 6.27. The highest BCUT2D eigenvalue weighted by Gasteiger charge is 2.21. The first-order valence-corrected chi connectivity index (χ1v) is 6.80. The zero-order valence-corrected chi connectivity index (χ0v) is 11.5. The van der Waals surface area contributed by atoms with E-state index in [1.54, 1.807) is 0 Å². The number of likely N-dealkylation sites (tertiary alicyclic amines) is 1. The van der Waals surface area contributed by atoms with Gasteiger partial charge in [0.25, 0.3) is 0 Å². The number of alkyl halides is 1. The molecule has 1 heterocycles. The fraction of sp³-hybridized carbons (Fsp3) is 0.571. The lowest BCUT2D eigenvalue weighted by Gasteiger charge is -2.37. The van der Waals surface area contributed by atoms with E-state index in [4.69, 9.17) is 11.6 Å². The van der Waals surface area contributed by atoms with Crippen molar-refractivity contribution in [1.29, 1.82) is 0 Å². The summed E-state index contributed by atoms with van der Waals surface area (Å²) in [6.07, 6.45) is 2.59. The fourth-order valence-corrected chi connectivity index (χ4v) is 2.66. The first-order chi connectivity index (χ1) is 8.20. The molecule has 0 aromatic heterocycles. The Kier molecular flexibility index (Phi) is 4.30. The molecular weight excluding hydrogens is 232 g/mol. The standard InChI is InChI=1S/C14H21ClN2/c1-16-9-3-4-14(11-16)17(2)13-7-5-12(10-15)6-8-13/h5-8,14H,3-4,9-11H2,1-2H3. The van der Waals surface area contributed by atoms with Gasteiger partial charge in [-0.25, -0.2) is 0 Å². The minimum absolute atomic E-state index is 0.593. The van der Waals surface area contributed by atoms with Crippen LogP contribution in [0.3, 0.4) is 0 Å². The van der Waals surface area contributed by atoms with Crippen molar-refractivity contribution in [3.8, 4) is 0 Å². The molecular formula is C14H21ClN2. The molecule has 0 N–H and O–H groups in total. The summed E-state index contributed by atoms with van der Waals surface area (Å²) >= 11 is 5.81. The molecule has 3 heteroatoms. The van der Waals surface area contributed by atoms with E-state index >= 15 is 0 Å². The van der Waals surface area contributed by atoms with Crippen molar-refractivity contribution in [3.05, 3.63) is 29.8 Å². The molecule has 94 valence electrons. The second-order valence-electron chi connectivity index (χ2n) is 4.97. The highest BCUT2D eigenvalue weighted by molar-refractivity contribution is 6.17. The molecule has 2 rings (SSSR count). The quantitative estimate of drug-likeness (QED) is 0.764. The normalized spacial score (nSPS) is 21.5. The summed E-state index contributed by atoms with van der Waals surface area (Å²) in [6.45, 7) is 2.39. The third kappa shape index (κ3) is 3.14. The van der Waals surface area contributed by atoms with E-state index in [0.717, 1.165) is 6.54 Å². The molecule has 17 heavy (non-hydrogen) atoms. The maximum absolute atomic E-state index is 5.81. The van der Waals surface area contributed by atoms with Gasteiger partial charge in [0.2, 0.25) is 0 Å². The topological polar surface area (TPSA) is 6.48 Å². The van der Waals surface area contributed by atoms with E-state index in [9.17, 15) is 0 Å². The van der Waals surface area contributed by atoms with Crippen LogP contribution in [0.2, 0.25) is 0 Å². The number of piperidine rings is 1. The summed E-state index contributed by atoms with van der Waals surface area (Å²) in [5.41, 5.74) is 2.48. The number of hydrogen-bond acceptors (Lipinski definition) is 2. The van der Waals surface area contributed by atoms with Crippen LogP contribution in [-0.2, 0) is 5.88 Å². The molecule has 1 aliphatic heterocycles. The third-order valence-electron chi connectivity index (χ3n) is 3.65.